The average molecular weight is 417 g/mol. The van der Waals surface area contributed by atoms with Crippen LogP contribution in [-0.2, 0) is 0 Å². The second-order valence-electron chi connectivity index (χ2n) is 5.00. The van der Waals surface area contributed by atoms with E-state index in [1.807, 2.05) is 42.5 Å². The molecule has 0 saturated heterocycles. The minimum absolute atomic E-state index is 0.837. The summed E-state index contributed by atoms with van der Waals surface area (Å²) in [6.45, 7) is 0. The van der Waals surface area contributed by atoms with Crippen LogP contribution >= 0.6 is 31.9 Å². The average Bonchev–Trinajstić information content (AvgIpc) is 2.53. The number of nitrogens with zero attached hydrogens (tertiary/aromatic N) is 1. The molecule has 0 unspecified atom stereocenters. The van der Waals surface area contributed by atoms with Crippen LogP contribution in [0.4, 0.5) is 17.1 Å². The zero-order valence-corrected chi connectivity index (χ0v) is 14.6. The van der Waals surface area contributed by atoms with Crippen LogP contribution in [0, 0.1) is 0 Å². The molecule has 0 amide bonds. The van der Waals surface area contributed by atoms with Crippen molar-refractivity contribution in [1.82, 2.24) is 0 Å². The normalized spacial score (nSPS) is 12.4. The maximum Gasteiger partial charge on any atom is 0.152 e. The van der Waals surface area contributed by atoms with Crippen molar-refractivity contribution in [2.75, 3.05) is 4.90 Å². The van der Waals surface area contributed by atoms with Crippen molar-refractivity contribution < 1.29 is 4.74 Å². The summed E-state index contributed by atoms with van der Waals surface area (Å²) in [7, 11) is 0. The summed E-state index contributed by atoms with van der Waals surface area (Å²) >= 11 is 7.03. The molecular weight excluding hydrogens is 406 g/mol. The van der Waals surface area contributed by atoms with Crippen LogP contribution < -0.4 is 9.64 Å². The summed E-state index contributed by atoms with van der Waals surface area (Å²) in [5.41, 5.74) is 3.17. The van der Waals surface area contributed by atoms with Gasteiger partial charge in [0.1, 0.15) is 0 Å². The highest BCUT2D eigenvalue weighted by atomic mass is 79.9. The Morgan fingerprint density at radius 3 is 1.77 bits per heavy atom. The molecule has 0 aromatic heterocycles. The van der Waals surface area contributed by atoms with Gasteiger partial charge in [-0.2, -0.15) is 0 Å². The Balaban J connectivity index is 1.97. The van der Waals surface area contributed by atoms with E-state index >= 15 is 0 Å². The molecule has 0 radical (unpaired) electrons. The number of anilines is 3. The van der Waals surface area contributed by atoms with E-state index in [0.29, 0.717) is 0 Å². The Kier molecular flexibility index (Phi) is 3.43. The Morgan fingerprint density at radius 2 is 1.23 bits per heavy atom. The molecule has 3 aromatic rings. The van der Waals surface area contributed by atoms with Gasteiger partial charge >= 0.3 is 0 Å². The molecule has 0 fully saturated rings. The van der Waals surface area contributed by atoms with Gasteiger partial charge in [-0.1, -0.05) is 50.1 Å². The summed E-state index contributed by atoms with van der Waals surface area (Å²) in [6.07, 6.45) is 0. The number of fused-ring (bicyclic) bond motifs is 2. The first-order valence-corrected chi connectivity index (χ1v) is 8.43. The highest BCUT2D eigenvalue weighted by Crippen LogP contribution is 2.51. The first-order valence-electron chi connectivity index (χ1n) is 6.84. The van der Waals surface area contributed by atoms with E-state index in [1.165, 1.54) is 0 Å². The van der Waals surface area contributed by atoms with Gasteiger partial charge in [-0.05, 0) is 48.5 Å². The molecule has 22 heavy (non-hydrogen) atoms. The summed E-state index contributed by atoms with van der Waals surface area (Å²) in [5, 5.41) is 0. The van der Waals surface area contributed by atoms with Gasteiger partial charge in [-0.25, -0.2) is 0 Å². The topological polar surface area (TPSA) is 12.5 Å². The third kappa shape index (κ3) is 2.32. The SMILES string of the molecule is Brc1ccc2c(c1)Oc1cc(Br)ccc1N2c1ccccc1. The van der Waals surface area contributed by atoms with Gasteiger partial charge in [0.2, 0.25) is 0 Å². The summed E-state index contributed by atoms with van der Waals surface area (Å²) < 4.78 is 8.08. The third-order valence-electron chi connectivity index (χ3n) is 3.56. The zero-order valence-electron chi connectivity index (χ0n) is 11.5. The van der Waals surface area contributed by atoms with E-state index in [1.54, 1.807) is 0 Å². The molecule has 108 valence electrons. The number of rotatable bonds is 1. The van der Waals surface area contributed by atoms with Crippen LogP contribution in [0.3, 0.4) is 0 Å². The molecule has 4 rings (SSSR count). The summed E-state index contributed by atoms with van der Waals surface area (Å²) in [4.78, 5) is 2.22. The quantitative estimate of drug-likeness (QED) is 0.338. The van der Waals surface area contributed by atoms with E-state index < -0.39 is 0 Å². The molecule has 1 aliphatic heterocycles. The van der Waals surface area contributed by atoms with Crippen LogP contribution in [0.5, 0.6) is 11.5 Å². The van der Waals surface area contributed by atoms with Crippen molar-refractivity contribution in [1.29, 1.82) is 0 Å². The van der Waals surface area contributed by atoms with Crippen molar-refractivity contribution in [3.8, 4) is 11.5 Å². The monoisotopic (exact) mass is 415 g/mol. The lowest BCUT2D eigenvalue weighted by atomic mass is 10.1. The lowest BCUT2D eigenvalue weighted by Crippen LogP contribution is -2.15. The van der Waals surface area contributed by atoms with Gasteiger partial charge < -0.3 is 9.64 Å². The van der Waals surface area contributed by atoms with E-state index in [9.17, 15) is 0 Å². The number of ether oxygens (including phenoxy) is 1. The zero-order chi connectivity index (χ0) is 15.1. The standard InChI is InChI=1S/C18H11Br2NO/c19-12-6-8-15-17(10-12)22-18-11-13(20)7-9-16(18)21(15)14-4-2-1-3-5-14/h1-11H. The third-order valence-corrected chi connectivity index (χ3v) is 4.55. The molecule has 3 aromatic carbocycles. The molecule has 2 nitrogen and oxygen atoms in total. The van der Waals surface area contributed by atoms with E-state index in [4.69, 9.17) is 4.74 Å². The van der Waals surface area contributed by atoms with E-state index in [0.717, 1.165) is 37.5 Å². The minimum Gasteiger partial charge on any atom is -0.453 e. The molecule has 0 aliphatic carbocycles. The van der Waals surface area contributed by atoms with E-state index in [-0.39, 0.29) is 0 Å². The fourth-order valence-electron chi connectivity index (χ4n) is 2.61. The number of benzene rings is 3. The second-order valence-corrected chi connectivity index (χ2v) is 6.83. The van der Waals surface area contributed by atoms with Gasteiger partial charge in [0.25, 0.3) is 0 Å². The van der Waals surface area contributed by atoms with Crippen molar-refractivity contribution in [3.63, 3.8) is 0 Å². The van der Waals surface area contributed by atoms with Crippen molar-refractivity contribution in [2.24, 2.45) is 0 Å². The largest absolute Gasteiger partial charge is 0.453 e. The molecule has 0 spiro atoms. The molecule has 0 saturated carbocycles. The van der Waals surface area contributed by atoms with Crippen LogP contribution in [-0.4, -0.2) is 0 Å². The Hall–Kier alpha value is -1.78. The van der Waals surface area contributed by atoms with Gasteiger partial charge in [-0.3, -0.25) is 0 Å². The van der Waals surface area contributed by atoms with Crippen molar-refractivity contribution in [3.05, 3.63) is 75.7 Å². The predicted molar refractivity (Wildman–Crippen MR) is 96.6 cm³/mol. The molecule has 4 heteroatoms. The van der Waals surface area contributed by atoms with Crippen LogP contribution in [0.25, 0.3) is 0 Å². The highest BCUT2D eigenvalue weighted by Gasteiger charge is 2.25. The minimum atomic E-state index is 0.837. The lowest BCUT2D eigenvalue weighted by molar-refractivity contribution is 0.476. The molecule has 0 N–H and O–H groups in total. The van der Waals surface area contributed by atoms with Crippen molar-refractivity contribution >= 4 is 48.9 Å². The van der Waals surface area contributed by atoms with Gasteiger partial charge in [-0.15, -0.1) is 0 Å². The fourth-order valence-corrected chi connectivity index (χ4v) is 3.29. The van der Waals surface area contributed by atoms with Crippen LogP contribution in [0.2, 0.25) is 0 Å². The molecule has 0 atom stereocenters. The predicted octanol–water partition coefficient (Wildman–Crippen LogP) is 6.79. The fraction of sp³-hybridized carbons (Fsp3) is 0. The number of hydrogen-bond donors (Lipinski definition) is 0. The highest BCUT2D eigenvalue weighted by molar-refractivity contribution is 9.10. The molecular formula is C18H11Br2NO. The number of hydrogen-bond acceptors (Lipinski definition) is 2. The first kappa shape index (κ1) is 13.9. The molecule has 1 aliphatic rings. The van der Waals surface area contributed by atoms with Gasteiger partial charge in [0.05, 0.1) is 11.4 Å². The molecule has 0 bridgehead atoms. The maximum atomic E-state index is 6.09. The molecule has 1 heterocycles. The second kappa shape index (κ2) is 5.45. The number of para-hydroxylation sites is 1. The Morgan fingerprint density at radius 1 is 0.682 bits per heavy atom. The number of halogens is 2. The Bertz CT molecular complexity index is 797. The summed E-state index contributed by atoms with van der Waals surface area (Å²) in [6, 6.07) is 22.5. The van der Waals surface area contributed by atoms with Crippen LogP contribution in [0.1, 0.15) is 0 Å². The summed E-state index contributed by atoms with van der Waals surface area (Å²) in [5.74, 6) is 1.67. The van der Waals surface area contributed by atoms with Gasteiger partial charge in [0.15, 0.2) is 11.5 Å². The maximum absolute atomic E-state index is 6.09. The van der Waals surface area contributed by atoms with Gasteiger partial charge in [0, 0.05) is 14.6 Å². The first-order chi connectivity index (χ1) is 10.7. The smallest absolute Gasteiger partial charge is 0.152 e. The lowest BCUT2D eigenvalue weighted by Gasteiger charge is -2.33. The van der Waals surface area contributed by atoms with E-state index in [2.05, 4.69) is 61.0 Å². The van der Waals surface area contributed by atoms with Crippen molar-refractivity contribution in [2.45, 2.75) is 0 Å². The Labute approximate surface area is 145 Å². The van der Waals surface area contributed by atoms with Crippen LogP contribution in [0.15, 0.2) is 75.7 Å².